The molecule has 0 unspecified atom stereocenters. The molecule has 0 atom stereocenters. The molecule has 1 aromatic heterocycles. The van der Waals surface area contributed by atoms with Gasteiger partial charge in [0.15, 0.2) is 10.6 Å². The number of Topliss-reactive ketones (excluding diaryl/α,β-unsaturated/α-hetero) is 1. The second kappa shape index (κ2) is 7.78. The normalized spacial score (nSPS) is 12.5. The van der Waals surface area contributed by atoms with Crippen LogP contribution in [-0.2, 0) is 16.6 Å². The standard InChI is InChI=1S/C19H19N3O4S2/c1-3-10-22-16-9-8-15(28(20,25)26)11-17(16)27-19(22)21-18(24)14-6-4-13(5-7-14)12(2)23/h4-9,11H,3,10H2,1-2H3,(H2,20,25,26). The van der Waals surface area contributed by atoms with E-state index in [2.05, 4.69) is 4.99 Å². The monoisotopic (exact) mass is 417 g/mol. The number of thiazole rings is 1. The number of fused-ring (bicyclic) bond motifs is 1. The minimum Gasteiger partial charge on any atom is -0.316 e. The Bertz CT molecular complexity index is 1240. The van der Waals surface area contributed by atoms with E-state index in [1.807, 2.05) is 11.5 Å². The van der Waals surface area contributed by atoms with Gasteiger partial charge < -0.3 is 4.57 Å². The first kappa shape index (κ1) is 20.1. The number of nitrogens with two attached hydrogens (primary N) is 1. The average Bonchev–Trinajstić information content (AvgIpc) is 2.98. The van der Waals surface area contributed by atoms with E-state index in [-0.39, 0.29) is 10.7 Å². The number of hydrogen-bond donors (Lipinski definition) is 1. The van der Waals surface area contributed by atoms with Gasteiger partial charge in [0.05, 0.1) is 15.1 Å². The second-order valence-electron chi connectivity index (χ2n) is 6.26. The van der Waals surface area contributed by atoms with Crippen LogP contribution in [0.4, 0.5) is 0 Å². The molecule has 3 aromatic rings. The van der Waals surface area contributed by atoms with E-state index in [9.17, 15) is 18.0 Å². The number of carbonyl (C=O) groups excluding carboxylic acids is 2. The lowest BCUT2D eigenvalue weighted by Gasteiger charge is -2.03. The van der Waals surface area contributed by atoms with Gasteiger partial charge in [0.1, 0.15) is 0 Å². The van der Waals surface area contributed by atoms with Crippen LogP contribution in [0.2, 0.25) is 0 Å². The van der Waals surface area contributed by atoms with Gasteiger partial charge >= 0.3 is 0 Å². The van der Waals surface area contributed by atoms with Crippen LogP contribution in [0.5, 0.6) is 0 Å². The number of hydrogen-bond acceptors (Lipinski definition) is 5. The first-order valence-corrected chi connectivity index (χ1v) is 10.9. The molecular formula is C19H19N3O4S2. The number of aromatic nitrogens is 1. The van der Waals surface area contributed by atoms with Crippen LogP contribution in [0.15, 0.2) is 52.4 Å². The lowest BCUT2D eigenvalue weighted by Crippen LogP contribution is -2.17. The number of ketones is 1. The van der Waals surface area contributed by atoms with Crippen LogP contribution in [0.1, 0.15) is 41.0 Å². The van der Waals surface area contributed by atoms with Crippen LogP contribution in [0, 0.1) is 0 Å². The fraction of sp³-hybridized carbons (Fsp3) is 0.211. The summed E-state index contributed by atoms with van der Waals surface area (Å²) in [6.07, 6.45) is 0.817. The Morgan fingerprint density at radius 1 is 1.11 bits per heavy atom. The zero-order valence-corrected chi connectivity index (χ0v) is 17.0. The molecule has 0 aliphatic carbocycles. The molecule has 0 bridgehead atoms. The highest BCUT2D eigenvalue weighted by atomic mass is 32.2. The molecule has 7 nitrogen and oxygen atoms in total. The molecule has 28 heavy (non-hydrogen) atoms. The van der Waals surface area contributed by atoms with Gasteiger partial charge in [0.25, 0.3) is 5.91 Å². The zero-order chi connectivity index (χ0) is 20.5. The highest BCUT2D eigenvalue weighted by molar-refractivity contribution is 7.89. The lowest BCUT2D eigenvalue weighted by atomic mass is 10.1. The van der Waals surface area contributed by atoms with Gasteiger partial charge in [-0.2, -0.15) is 4.99 Å². The Morgan fingerprint density at radius 2 is 1.75 bits per heavy atom. The van der Waals surface area contributed by atoms with Crippen molar-refractivity contribution in [2.75, 3.05) is 0 Å². The van der Waals surface area contributed by atoms with E-state index < -0.39 is 15.9 Å². The molecule has 0 radical (unpaired) electrons. The first-order valence-electron chi connectivity index (χ1n) is 8.57. The van der Waals surface area contributed by atoms with E-state index in [0.717, 1.165) is 11.9 Å². The number of rotatable bonds is 5. The van der Waals surface area contributed by atoms with Gasteiger partial charge in [-0.1, -0.05) is 30.4 Å². The minimum absolute atomic E-state index is 0.0163. The summed E-state index contributed by atoms with van der Waals surface area (Å²) in [5.41, 5.74) is 1.68. The molecule has 0 aliphatic rings. The quantitative estimate of drug-likeness (QED) is 0.643. The summed E-state index contributed by atoms with van der Waals surface area (Å²) in [5, 5.41) is 5.21. The van der Waals surface area contributed by atoms with Gasteiger partial charge in [0.2, 0.25) is 10.0 Å². The van der Waals surface area contributed by atoms with E-state index in [1.54, 1.807) is 30.3 Å². The van der Waals surface area contributed by atoms with E-state index in [0.29, 0.717) is 27.2 Å². The topological polar surface area (TPSA) is 112 Å². The van der Waals surface area contributed by atoms with Crippen LogP contribution >= 0.6 is 11.3 Å². The van der Waals surface area contributed by atoms with Crippen molar-refractivity contribution in [2.45, 2.75) is 31.7 Å². The highest BCUT2D eigenvalue weighted by Gasteiger charge is 2.13. The average molecular weight is 418 g/mol. The number of amides is 1. The zero-order valence-electron chi connectivity index (χ0n) is 15.4. The van der Waals surface area contributed by atoms with Gasteiger partial charge in [0, 0.05) is 17.7 Å². The summed E-state index contributed by atoms with van der Waals surface area (Å²) in [7, 11) is -3.82. The van der Waals surface area contributed by atoms with Crippen LogP contribution in [0.3, 0.4) is 0 Å². The molecule has 0 saturated heterocycles. The van der Waals surface area contributed by atoms with Crippen LogP contribution < -0.4 is 9.94 Å². The molecule has 1 heterocycles. The number of sulfonamides is 1. The molecule has 146 valence electrons. The Morgan fingerprint density at radius 3 is 2.32 bits per heavy atom. The molecule has 2 aromatic carbocycles. The molecule has 0 aliphatic heterocycles. The third kappa shape index (κ3) is 4.11. The van der Waals surface area contributed by atoms with Crippen molar-refractivity contribution in [1.29, 1.82) is 0 Å². The van der Waals surface area contributed by atoms with Crippen molar-refractivity contribution >= 4 is 43.3 Å². The summed E-state index contributed by atoms with van der Waals surface area (Å²) in [5.74, 6) is -0.509. The maximum atomic E-state index is 12.6. The SMILES string of the molecule is CCCn1c(=NC(=O)c2ccc(C(C)=O)cc2)sc2cc(S(N)(=O)=O)ccc21. The molecular weight excluding hydrogens is 398 g/mol. The lowest BCUT2D eigenvalue weighted by molar-refractivity contribution is 0.0991. The Balaban J connectivity index is 2.10. The van der Waals surface area contributed by atoms with Crippen molar-refractivity contribution in [2.24, 2.45) is 10.1 Å². The van der Waals surface area contributed by atoms with E-state index in [1.165, 1.54) is 30.4 Å². The number of aryl methyl sites for hydroxylation is 1. The fourth-order valence-electron chi connectivity index (χ4n) is 2.75. The van der Waals surface area contributed by atoms with Crippen molar-refractivity contribution in [3.8, 4) is 0 Å². The summed E-state index contributed by atoms with van der Waals surface area (Å²) in [6, 6.07) is 10.9. The fourth-order valence-corrected chi connectivity index (χ4v) is 4.46. The molecule has 3 rings (SSSR count). The largest absolute Gasteiger partial charge is 0.316 e. The van der Waals surface area contributed by atoms with Gasteiger partial charge in [-0.3, -0.25) is 9.59 Å². The van der Waals surface area contributed by atoms with Crippen molar-refractivity contribution in [1.82, 2.24) is 4.57 Å². The predicted molar refractivity (Wildman–Crippen MR) is 108 cm³/mol. The Kier molecular flexibility index (Phi) is 5.59. The number of carbonyl (C=O) groups is 2. The minimum atomic E-state index is -3.82. The third-order valence-electron chi connectivity index (χ3n) is 4.17. The van der Waals surface area contributed by atoms with E-state index >= 15 is 0 Å². The van der Waals surface area contributed by atoms with Gasteiger partial charge in [-0.15, -0.1) is 0 Å². The number of nitrogens with zero attached hydrogens (tertiary/aromatic N) is 2. The smallest absolute Gasteiger partial charge is 0.279 e. The van der Waals surface area contributed by atoms with Gasteiger partial charge in [-0.05, 0) is 43.7 Å². The summed E-state index contributed by atoms with van der Waals surface area (Å²) >= 11 is 1.23. The third-order valence-corrected chi connectivity index (χ3v) is 6.12. The Labute approximate surface area is 166 Å². The van der Waals surface area contributed by atoms with Crippen molar-refractivity contribution < 1.29 is 18.0 Å². The highest BCUT2D eigenvalue weighted by Crippen LogP contribution is 2.21. The molecule has 0 fully saturated rings. The van der Waals surface area contributed by atoms with Crippen molar-refractivity contribution in [3.05, 3.63) is 58.4 Å². The van der Waals surface area contributed by atoms with E-state index in [4.69, 9.17) is 5.14 Å². The molecule has 1 amide bonds. The maximum absolute atomic E-state index is 12.6. The summed E-state index contributed by atoms with van der Waals surface area (Å²) in [6.45, 7) is 4.09. The second-order valence-corrected chi connectivity index (χ2v) is 8.83. The molecule has 0 saturated carbocycles. The predicted octanol–water partition coefficient (Wildman–Crippen LogP) is 2.70. The molecule has 9 heteroatoms. The summed E-state index contributed by atoms with van der Waals surface area (Å²) in [4.78, 5) is 28.7. The van der Waals surface area contributed by atoms with Crippen LogP contribution in [0.25, 0.3) is 10.2 Å². The first-order chi connectivity index (χ1) is 13.2. The van der Waals surface area contributed by atoms with Gasteiger partial charge in [-0.25, -0.2) is 13.6 Å². The van der Waals surface area contributed by atoms with Crippen LogP contribution in [-0.4, -0.2) is 24.7 Å². The summed E-state index contributed by atoms with van der Waals surface area (Å²) < 4.78 is 25.8. The maximum Gasteiger partial charge on any atom is 0.279 e. The number of primary sulfonamides is 1. The van der Waals surface area contributed by atoms with Crippen molar-refractivity contribution in [3.63, 3.8) is 0 Å². The Hall–Kier alpha value is -2.62. The number of benzene rings is 2. The molecule has 2 N–H and O–H groups in total. The molecule has 0 spiro atoms.